The molecular weight excluding hydrogens is 384 g/mol. The first-order valence-corrected chi connectivity index (χ1v) is 9.98. The zero-order chi connectivity index (χ0) is 21.1. The van der Waals surface area contributed by atoms with Crippen molar-refractivity contribution in [1.29, 1.82) is 0 Å². The first-order valence-electron chi connectivity index (χ1n) is 9.98. The lowest BCUT2D eigenvalue weighted by Crippen LogP contribution is -2.37. The monoisotopic (exact) mass is 406 g/mol. The summed E-state index contributed by atoms with van der Waals surface area (Å²) >= 11 is 0. The van der Waals surface area contributed by atoms with Crippen molar-refractivity contribution in [2.24, 2.45) is 5.92 Å². The Morgan fingerprint density at radius 2 is 1.90 bits per heavy atom. The smallest absolute Gasteiger partial charge is 0.337 e. The number of nitrogens with zero attached hydrogens (tertiary/aromatic N) is 4. The Morgan fingerprint density at radius 1 is 1.17 bits per heavy atom. The van der Waals surface area contributed by atoms with E-state index in [1.54, 1.807) is 6.92 Å². The van der Waals surface area contributed by atoms with E-state index in [-0.39, 0.29) is 17.6 Å². The number of carbonyl (C=O) groups is 1. The van der Waals surface area contributed by atoms with Crippen LogP contribution in [0.15, 0.2) is 48.8 Å². The Kier molecular flexibility index (Phi) is 5.56. The predicted octanol–water partition coefficient (Wildman–Crippen LogP) is 3.98. The summed E-state index contributed by atoms with van der Waals surface area (Å²) in [5.74, 6) is -0.0892. The van der Waals surface area contributed by atoms with Crippen LogP contribution in [0, 0.1) is 16.0 Å². The topological polar surface area (TPSA) is 98.5 Å². The SMILES string of the molecule is CCOC(=O)C1CCN(c2ncnc(-c3ccc4ccccc4c3)c2[N+](=O)[O-])CC1. The van der Waals surface area contributed by atoms with Gasteiger partial charge in [-0.2, -0.15) is 0 Å². The number of esters is 1. The summed E-state index contributed by atoms with van der Waals surface area (Å²) in [5.41, 5.74) is 0.857. The molecule has 0 radical (unpaired) electrons. The van der Waals surface area contributed by atoms with Gasteiger partial charge in [-0.15, -0.1) is 0 Å². The van der Waals surface area contributed by atoms with Crippen LogP contribution in [0.4, 0.5) is 11.5 Å². The van der Waals surface area contributed by atoms with E-state index in [1.807, 2.05) is 47.4 Å². The van der Waals surface area contributed by atoms with Crippen molar-refractivity contribution < 1.29 is 14.5 Å². The van der Waals surface area contributed by atoms with Crippen molar-refractivity contribution in [3.05, 3.63) is 58.9 Å². The lowest BCUT2D eigenvalue weighted by atomic mass is 9.96. The first kappa shape index (κ1) is 19.8. The van der Waals surface area contributed by atoms with Gasteiger partial charge >= 0.3 is 11.7 Å². The lowest BCUT2D eigenvalue weighted by molar-refractivity contribution is -0.383. The molecule has 0 amide bonds. The number of nitro groups is 1. The van der Waals surface area contributed by atoms with Gasteiger partial charge in [0.25, 0.3) is 0 Å². The summed E-state index contributed by atoms with van der Waals surface area (Å²) in [6.07, 6.45) is 2.51. The van der Waals surface area contributed by atoms with Gasteiger partial charge in [0.1, 0.15) is 6.33 Å². The zero-order valence-corrected chi connectivity index (χ0v) is 16.7. The molecule has 30 heavy (non-hydrogen) atoms. The van der Waals surface area contributed by atoms with Crippen LogP contribution in [0.2, 0.25) is 0 Å². The molecule has 0 unspecified atom stereocenters. The van der Waals surface area contributed by atoms with Crippen LogP contribution in [-0.4, -0.2) is 40.6 Å². The maximum atomic E-state index is 12.0. The van der Waals surface area contributed by atoms with Crippen molar-refractivity contribution in [2.75, 3.05) is 24.6 Å². The number of hydrogen-bond donors (Lipinski definition) is 0. The molecule has 1 aromatic heterocycles. The Hall–Kier alpha value is -3.55. The molecule has 0 atom stereocenters. The van der Waals surface area contributed by atoms with Gasteiger partial charge in [-0.3, -0.25) is 14.9 Å². The maximum Gasteiger partial charge on any atom is 0.337 e. The summed E-state index contributed by atoms with van der Waals surface area (Å²) < 4.78 is 5.11. The number of piperidine rings is 1. The molecule has 8 nitrogen and oxygen atoms in total. The molecular formula is C22H22N4O4. The Balaban J connectivity index is 1.67. The molecule has 0 bridgehead atoms. The van der Waals surface area contributed by atoms with Gasteiger partial charge in [0, 0.05) is 18.7 Å². The second-order valence-corrected chi connectivity index (χ2v) is 7.23. The number of aromatic nitrogens is 2. The Bertz CT molecular complexity index is 1090. The second kappa shape index (κ2) is 8.44. The summed E-state index contributed by atoms with van der Waals surface area (Å²) in [7, 11) is 0. The number of benzene rings is 2. The molecule has 0 N–H and O–H groups in total. The van der Waals surface area contributed by atoms with E-state index in [0.29, 0.717) is 49.6 Å². The second-order valence-electron chi connectivity index (χ2n) is 7.23. The average molecular weight is 406 g/mol. The van der Waals surface area contributed by atoms with Gasteiger partial charge in [-0.05, 0) is 36.6 Å². The molecule has 1 aliphatic rings. The highest BCUT2D eigenvalue weighted by Gasteiger charge is 2.32. The number of carbonyl (C=O) groups excluding carboxylic acids is 1. The maximum absolute atomic E-state index is 12.0. The van der Waals surface area contributed by atoms with E-state index in [9.17, 15) is 14.9 Å². The van der Waals surface area contributed by atoms with E-state index in [0.717, 1.165) is 10.8 Å². The van der Waals surface area contributed by atoms with Crippen molar-refractivity contribution in [3.63, 3.8) is 0 Å². The van der Waals surface area contributed by atoms with Gasteiger partial charge < -0.3 is 9.64 Å². The summed E-state index contributed by atoms with van der Waals surface area (Å²) in [4.78, 5) is 33.9. The third-order valence-electron chi connectivity index (χ3n) is 5.42. The van der Waals surface area contributed by atoms with Gasteiger partial charge in [0.15, 0.2) is 5.69 Å². The molecule has 1 saturated heterocycles. The van der Waals surface area contributed by atoms with Crippen molar-refractivity contribution >= 4 is 28.2 Å². The molecule has 0 spiro atoms. The molecule has 0 aliphatic carbocycles. The van der Waals surface area contributed by atoms with Crippen LogP contribution in [0.5, 0.6) is 0 Å². The van der Waals surface area contributed by atoms with Gasteiger partial charge in [-0.1, -0.05) is 36.4 Å². The number of rotatable bonds is 5. The van der Waals surface area contributed by atoms with E-state index >= 15 is 0 Å². The number of fused-ring (bicyclic) bond motifs is 1. The predicted molar refractivity (Wildman–Crippen MR) is 113 cm³/mol. The molecule has 4 rings (SSSR count). The minimum absolute atomic E-state index is 0.109. The molecule has 0 saturated carbocycles. The number of anilines is 1. The Morgan fingerprint density at radius 3 is 2.60 bits per heavy atom. The fourth-order valence-electron chi connectivity index (χ4n) is 3.90. The third kappa shape index (κ3) is 3.80. The fraction of sp³-hybridized carbons (Fsp3) is 0.318. The van der Waals surface area contributed by atoms with E-state index in [2.05, 4.69) is 9.97 Å². The highest BCUT2D eigenvalue weighted by atomic mass is 16.6. The van der Waals surface area contributed by atoms with E-state index in [1.165, 1.54) is 6.33 Å². The number of hydrogen-bond acceptors (Lipinski definition) is 7. The van der Waals surface area contributed by atoms with Gasteiger partial charge in [0.2, 0.25) is 5.82 Å². The standard InChI is InChI=1S/C22H22N4O4/c1-2-30-22(27)16-9-11-25(12-10-16)21-20(26(28)29)19(23-14-24-21)18-8-7-15-5-3-4-6-17(15)13-18/h3-8,13-14,16H,2,9-12H2,1H3. The average Bonchev–Trinajstić information content (AvgIpc) is 2.78. The van der Waals surface area contributed by atoms with Crippen LogP contribution >= 0.6 is 0 Å². The zero-order valence-electron chi connectivity index (χ0n) is 16.7. The highest BCUT2D eigenvalue weighted by Crippen LogP contribution is 2.37. The normalized spacial score (nSPS) is 14.6. The highest BCUT2D eigenvalue weighted by molar-refractivity contribution is 5.89. The van der Waals surface area contributed by atoms with Crippen molar-refractivity contribution in [3.8, 4) is 11.3 Å². The van der Waals surface area contributed by atoms with E-state index < -0.39 is 4.92 Å². The minimum atomic E-state index is -0.419. The molecule has 8 heteroatoms. The molecule has 3 aromatic rings. The third-order valence-corrected chi connectivity index (χ3v) is 5.42. The minimum Gasteiger partial charge on any atom is -0.466 e. The van der Waals surface area contributed by atoms with Crippen LogP contribution in [0.25, 0.3) is 22.0 Å². The molecule has 154 valence electrons. The van der Waals surface area contributed by atoms with Crippen LogP contribution < -0.4 is 4.90 Å². The fourth-order valence-corrected chi connectivity index (χ4v) is 3.90. The van der Waals surface area contributed by atoms with Crippen LogP contribution in [0.1, 0.15) is 19.8 Å². The van der Waals surface area contributed by atoms with E-state index in [4.69, 9.17) is 4.74 Å². The van der Waals surface area contributed by atoms with Crippen molar-refractivity contribution in [2.45, 2.75) is 19.8 Å². The molecule has 2 heterocycles. The molecule has 2 aromatic carbocycles. The van der Waals surface area contributed by atoms with Crippen molar-refractivity contribution in [1.82, 2.24) is 9.97 Å². The van der Waals surface area contributed by atoms with Crippen LogP contribution in [0.3, 0.4) is 0 Å². The largest absolute Gasteiger partial charge is 0.466 e. The molecule has 1 aliphatic heterocycles. The lowest BCUT2D eigenvalue weighted by Gasteiger charge is -2.31. The van der Waals surface area contributed by atoms with Gasteiger partial charge in [0.05, 0.1) is 17.4 Å². The first-order chi connectivity index (χ1) is 14.6. The number of ether oxygens (including phenoxy) is 1. The van der Waals surface area contributed by atoms with Crippen LogP contribution in [-0.2, 0) is 9.53 Å². The summed E-state index contributed by atoms with van der Waals surface area (Å²) in [6.45, 7) is 3.13. The summed E-state index contributed by atoms with van der Waals surface area (Å²) in [5, 5.41) is 14.0. The molecule has 1 fully saturated rings. The Labute approximate surface area is 173 Å². The summed E-state index contributed by atoms with van der Waals surface area (Å²) in [6, 6.07) is 13.5. The quantitative estimate of drug-likeness (QED) is 0.359. The van der Waals surface area contributed by atoms with Gasteiger partial charge in [-0.25, -0.2) is 9.97 Å².